The van der Waals surface area contributed by atoms with E-state index in [-0.39, 0.29) is 17.1 Å². The van der Waals surface area contributed by atoms with Crippen LogP contribution >= 0.6 is 0 Å². The van der Waals surface area contributed by atoms with Crippen molar-refractivity contribution >= 4 is 17.0 Å². The van der Waals surface area contributed by atoms with Crippen LogP contribution in [0.15, 0.2) is 97.1 Å². The number of aryl methyl sites for hydroxylation is 1. The normalized spacial score (nSPS) is 10.3. The van der Waals surface area contributed by atoms with Gasteiger partial charge in [-0.1, -0.05) is 53.7 Å². The SMILES string of the molecule is Cc1ccc(O)c(-n2nnc3ccccc32)c1.O=C(Oc1ccccc1)c1ccccc1O. The van der Waals surface area contributed by atoms with E-state index in [1.807, 2.05) is 49.4 Å². The molecule has 0 spiro atoms. The van der Waals surface area contributed by atoms with Gasteiger partial charge in [-0.3, -0.25) is 0 Å². The Bertz CT molecular complexity index is 1400. The molecule has 33 heavy (non-hydrogen) atoms. The van der Waals surface area contributed by atoms with E-state index in [0.29, 0.717) is 11.4 Å². The molecular formula is C26H21N3O4. The van der Waals surface area contributed by atoms with Gasteiger partial charge in [0.2, 0.25) is 0 Å². The maximum Gasteiger partial charge on any atom is 0.347 e. The van der Waals surface area contributed by atoms with Crippen LogP contribution in [0.3, 0.4) is 0 Å². The van der Waals surface area contributed by atoms with E-state index in [2.05, 4.69) is 10.3 Å². The summed E-state index contributed by atoms with van der Waals surface area (Å²) in [6, 6.07) is 28.1. The van der Waals surface area contributed by atoms with Crippen molar-refractivity contribution in [1.29, 1.82) is 0 Å². The summed E-state index contributed by atoms with van der Waals surface area (Å²) in [5, 5.41) is 27.5. The number of hydrogen-bond donors (Lipinski definition) is 2. The quantitative estimate of drug-likeness (QED) is 0.302. The van der Waals surface area contributed by atoms with Crippen molar-refractivity contribution in [2.45, 2.75) is 6.92 Å². The fourth-order valence-corrected chi connectivity index (χ4v) is 3.15. The first-order valence-electron chi connectivity index (χ1n) is 10.2. The van der Waals surface area contributed by atoms with Gasteiger partial charge in [0, 0.05) is 0 Å². The molecule has 0 saturated carbocycles. The number of benzene rings is 4. The smallest absolute Gasteiger partial charge is 0.347 e. The van der Waals surface area contributed by atoms with Gasteiger partial charge in [0.15, 0.2) is 0 Å². The minimum Gasteiger partial charge on any atom is -0.507 e. The third kappa shape index (κ3) is 4.99. The van der Waals surface area contributed by atoms with Gasteiger partial charge in [-0.25, -0.2) is 9.48 Å². The summed E-state index contributed by atoms with van der Waals surface area (Å²) in [6.45, 7) is 1.97. The molecule has 0 aliphatic carbocycles. The molecular weight excluding hydrogens is 418 g/mol. The standard InChI is InChI=1S/C13H11N3O.C13H10O3/c1-9-6-7-13(17)12(8-9)16-11-5-3-2-4-10(11)14-15-16;14-12-9-5-4-8-11(12)13(15)16-10-6-2-1-3-7-10/h2-8,17H,1H3;1-9,14H. The van der Waals surface area contributed by atoms with Gasteiger partial charge < -0.3 is 14.9 Å². The summed E-state index contributed by atoms with van der Waals surface area (Å²) in [4.78, 5) is 11.7. The molecule has 4 aromatic carbocycles. The molecule has 7 nitrogen and oxygen atoms in total. The molecule has 0 saturated heterocycles. The Morgan fingerprint density at radius 2 is 1.52 bits per heavy atom. The molecule has 0 fully saturated rings. The second-order valence-corrected chi connectivity index (χ2v) is 7.20. The lowest BCUT2D eigenvalue weighted by Gasteiger charge is -2.05. The van der Waals surface area contributed by atoms with Crippen LogP contribution in [0.1, 0.15) is 15.9 Å². The zero-order valence-electron chi connectivity index (χ0n) is 17.8. The number of aromatic nitrogens is 3. The minimum atomic E-state index is -0.565. The van der Waals surface area contributed by atoms with Crippen LogP contribution in [0.25, 0.3) is 16.7 Å². The van der Waals surface area contributed by atoms with E-state index >= 15 is 0 Å². The maximum absolute atomic E-state index is 11.7. The van der Waals surface area contributed by atoms with Gasteiger partial charge in [-0.15, -0.1) is 5.10 Å². The average molecular weight is 439 g/mol. The van der Waals surface area contributed by atoms with E-state index < -0.39 is 5.97 Å². The molecule has 164 valence electrons. The number of ether oxygens (including phenoxy) is 1. The molecule has 0 atom stereocenters. The molecule has 5 aromatic rings. The number of hydrogen-bond acceptors (Lipinski definition) is 6. The third-order valence-corrected chi connectivity index (χ3v) is 4.79. The Balaban J connectivity index is 0.000000157. The number of fused-ring (bicyclic) bond motifs is 1. The number of carbonyl (C=O) groups is 1. The van der Waals surface area contributed by atoms with Crippen LogP contribution in [-0.4, -0.2) is 31.2 Å². The lowest BCUT2D eigenvalue weighted by atomic mass is 10.2. The van der Waals surface area contributed by atoms with Crippen molar-refractivity contribution in [1.82, 2.24) is 15.0 Å². The van der Waals surface area contributed by atoms with Gasteiger partial charge >= 0.3 is 5.97 Å². The molecule has 1 aromatic heterocycles. The van der Waals surface area contributed by atoms with Crippen molar-refractivity contribution in [2.75, 3.05) is 0 Å². The number of para-hydroxylation sites is 3. The number of nitrogens with zero attached hydrogens (tertiary/aromatic N) is 3. The maximum atomic E-state index is 11.7. The summed E-state index contributed by atoms with van der Waals surface area (Å²) < 4.78 is 6.73. The van der Waals surface area contributed by atoms with Crippen LogP contribution < -0.4 is 4.74 Å². The molecule has 0 amide bonds. The Labute approximate surface area is 190 Å². The molecule has 2 N–H and O–H groups in total. The first-order chi connectivity index (χ1) is 16.0. The largest absolute Gasteiger partial charge is 0.507 e. The number of aromatic hydroxyl groups is 2. The highest BCUT2D eigenvalue weighted by atomic mass is 16.5. The Hall–Kier alpha value is -4.65. The fraction of sp³-hybridized carbons (Fsp3) is 0.0385. The second kappa shape index (κ2) is 9.65. The topological polar surface area (TPSA) is 97.5 Å². The number of rotatable bonds is 3. The highest BCUT2D eigenvalue weighted by Gasteiger charge is 2.12. The predicted octanol–water partition coefficient (Wildman–Crippen LogP) is 5.05. The third-order valence-electron chi connectivity index (χ3n) is 4.79. The van der Waals surface area contributed by atoms with Crippen molar-refractivity contribution < 1.29 is 19.7 Å². The number of phenolic OH excluding ortho intramolecular Hbond substituents is 2. The summed E-state index contributed by atoms with van der Waals surface area (Å²) in [7, 11) is 0. The van der Waals surface area contributed by atoms with Gasteiger partial charge in [-0.05, 0) is 61.0 Å². The van der Waals surface area contributed by atoms with E-state index in [1.165, 1.54) is 12.1 Å². The lowest BCUT2D eigenvalue weighted by Crippen LogP contribution is -2.08. The first-order valence-corrected chi connectivity index (χ1v) is 10.2. The summed E-state index contributed by atoms with van der Waals surface area (Å²) in [5.41, 5.74) is 3.57. The molecule has 0 bridgehead atoms. The van der Waals surface area contributed by atoms with Crippen LogP contribution in [0.4, 0.5) is 0 Å². The number of phenols is 2. The van der Waals surface area contributed by atoms with Gasteiger partial charge in [0.25, 0.3) is 0 Å². The molecule has 0 aliphatic rings. The number of esters is 1. The van der Waals surface area contributed by atoms with Crippen LogP contribution in [0.5, 0.6) is 17.2 Å². The molecule has 1 heterocycles. The molecule has 7 heteroatoms. The first kappa shape index (κ1) is 21.6. The van der Waals surface area contributed by atoms with Crippen LogP contribution in [0.2, 0.25) is 0 Å². The zero-order chi connectivity index (χ0) is 23.2. The van der Waals surface area contributed by atoms with Crippen LogP contribution in [0, 0.1) is 6.92 Å². The molecule has 0 aliphatic heterocycles. The van der Waals surface area contributed by atoms with Crippen LogP contribution in [-0.2, 0) is 0 Å². The van der Waals surface area contributed by atoms with E-state index in [1.54, 1.807) is 47.1 Å². The fourth-order valence-electron chi connectivity index (χ4n) is 3.15. The lowest BCUT2D eigenvalue weighted by molar-refractivity contribution is 0.0731. The Morgan fingerprint density at radius 3 is 2.30 bits per heavy atom. The zero-order valence-corrected chi connectivity index (χ0v) is 17.8. The predicted molar refractivity (Wildman–Crippen MR) is 125 cm³/mol. The summed E-state index contributed by atoms with van der Waals surface area (Å²) in [6.07, 6.45) is 0. The van der Waals surface area contributed by atoms with Crippen molar-refractivity contribution in [3.63, 3.8) is 0 Å². The highest BCUT2D eigenvalue weighted by molar-refractivity contribution is 5.93. The summed E-state index contributed by atoms with van der Waals surface area (Å²) in [5.74, 6) is 0.00902. The second-order valence-electron chi connectivity index (χ2n) is 7.20. The van der Waals surface area contributed by atoms with E-state index in [9.17, 15) is 15.0 Å². The monoisotopic (exact) mass is 439 g/mol. The van der Waals surface area contributed by atoms with E-state index in [4.69, 9.17) is 4.74 Å². The Kier molecular flexibility index (Phi) is 6.31. The van der Waals surface area contributed by atoms with E-state index in [0.717, 1.165) is 16.6 Å². The number of carbonyl (C=O) groups excluding carboxylic acids is 1. The van der Waals surface area contributed by atoms with Gasteiger partial charge in [0.05, 0.1) is 5.52 Å². The van der Waals surface area contributed by atoms with Crippen molar-refractivity contribution in [3.8, 4) is 22.9 Å². The van der Waals surface area contributed by atoms with Gasteiger partial charge in [-0.2, -0.15) is 0 Å². The highest BCUT2D eigenvalue weighted by Crippen LogP contribution is 2.25. The van der Waals surface area contributed by atoms with Gasteiger partial charge in [0.1, 0.15) is 34.0 Å². The van der Waals surface area contributed by atoms with Crippen molar-refractivity contribution in [2.24, 2.45) is 0 Å². The Morgan fingerprint density at radius 1 is 0.818 bits per heavy atom. The molecule has 0 radical (unpaired) electrons. The minimum absolute atomic E-state index is 0.0802. The molecule has 5 rings (SSSR count). The van der Waals surface area contributed by atoms with Crippen molar-refractivity contribution in [3.05, 3.63) is 108 Å². The summed E-state index contributed by atoms with van der Waals surface area (Å²) >= 11 is 0. The molecule has 0 unspecified atom stereocenters. The average Bonchev–Trinajstić information content (AvgIpc) is 3.26.